The van der Waals surface area contributed by atoms with Gasteiger partial charge in [-0.25, -0.2) is 0 Å². The summed E-state index contributed by atoms with van der Waals surface area (Å²) in [5.41, 5.74) is 2.88. The maximum atomic E-state index is 10.6. The van der Waals surface area contributed by atoms with Gasteiger partial charge in [0.15, 0.2) is 0 Å². The van der Waals surface area contributed by atoms with E-state index in [1.165, 1.54) is 5.56 Å². The molecule has 0 aliphatic carbocycles. The van der Waals surface area contributed by atoms with Crippen LogP contribution in [-0.2, 0) is 6.54 Å². The van der Waals surface area contributed by atoms with Crippen molar-refractivity contribution in [2.45, 2.75) is 6.54 Å². The molecule has 0 aromatic heterocycles. The van der Waals surface area contributed by atoms with E-state index in [4.69, 9.17) is 0 Å². The molecule has 0 amide bonds. The molecule has 0 radical (unpaired) electrons. The average Bonchev–Trinajstić information content (AvgIpc) is 2.38. The lowest BCUT2D eigenvalue weighted by Crippen LogP contribution is -1.99. The largest absolute Gasteiger partial charge is 0.381 e. The van der Waals surface area contributed by atoms with Crippen LogP contribution >= 0.6 is 0 Å². The summed E-state index contributed by atoms with van der Waals surface area (Å²) in [5, 5.41) is 3.28. The van der Waals surface area contributed by atoms with Crippen LogP contribution in [0.15, 0.2) is 54.6 Å². The van der Waals surface area contributed by atoms with Crippen molar-refractivity contribution in [3.8, 4) is 0 Å². The minimum atomic E-state index is 0.693. The topological polar surface area (TPSA) is 29.1 Å². The van der Waals surface area contributed by atoms with Crippen molar-refractivity contribution in [3.63, 3.8) is 0 Å². The van der Waals surface area contributed by atoms with Crippen LogP contribution in [-0.4, -0.2) is 6.29 Å². The Labute approximate surface area is 94.9 Å². The Hall–Kier alpha value is -2.09. The number of hydrogen-bond donors (Lipinski definition) is 1. The van der Waals surface area contributed by atoms with Crippen molar-refractivity contribution in [1.29, 1.82) is 0 Å². The van der Waals surface area contributed by atoms with Gasteiger partial charge in [-0.05, 0) is 17.7 Å². The van der Waals surface area contributed by atoms with Gasteiger partial charge in [-0.2, -0.15) is 0 Å². The minimum Gasteiger partial charge on any atom is -0.381 e. The Balaban J connectivity index is 2.02. The van der Waals surface area contributed by atoms with Gasteiger partial charge in [-0.3, -0.25) is 4.79 Å². The third kappa shape index (κ3) is 2.70. The third-order valence-electron chi connectivity index (χ3n) is 2.36. The van der Waals surface area contributed by atoms with Crippen LogP contribution in [0.4, 0.5) is 5.69 Å². The van der Waals surface area contributed by atoms with Crippen LogP contribution in [0, 0.1) is 0 Å². The van der Waals surface area contributed by atoms with Gasteiger partial charge < -0.3 is 5.32 Å². The molecule has 0 unspecified atom stereocenters. The van der Waals surface area contributed by atoms with Gasteiger partial charge in [0, 0.05) is 17.8 Å². The van der Waals surface area contributed by atoms with E-state index in [2.05, 4.69) is 17.4 Å². The van der Waals surface area contributed by atoms with Gasteiger partial charge in [-0.1, -0.05) is 42.5 Å². The molecule has 1 N–H and O–H groups in total. The molecule has 0 aliphatic rings. The molecule has 0 aliphatic heterocycles. The van der Waals surface area contributed by atoms with E-state index < -0.39 is 0 Å². The number of carbonyl (C=O) groups is 1. The first kappa shape index (κ1) is 10.4. The van der Waals surface area contributed by atoms with Crippen molar-refractivity contribution in [2.24, 2.45) is 0 Å². The molecule has 0 spiro atoms. The van der Waals surface area contributed by atoms with E-state index in [-0.39, 0.29) is 0 Å². The zero-order valence-electron chi connectivity index (χ0n) is 8.89. The summed E-state index contributed by atoms with van der Waals surface area (Å²) in [4.78, 5) is 10.6. The first-order valence-corrected chi connectivity index (χ1v) is 5.21. The van der Waals surface area contributed by atoms with Crippen molar-refractivity contribution in [2.75, 3.05) is 5.32 Å². The van der Waals surface area contributed by atoms with Crippen molar-refractivity contribution in [3.05, 3.63) is 65.7 Å². The monoisotopic (exact) mass is 211 g/mol. The molecule has 0 fully saturated rings. The number of carbonyl (C=O) groups excluding carboxylic acids is 1. The number of anilines is 1. The van der Waals surface area contributed by atoms with Crippen LogP contribution in [0.3, 0.4) is 0 Å². The fraction of sp³-hybridized carbons (Fsp3) is 0.0714. The Morgan fingerprint density at radius 3 is 2.56 bits per heavy atom. The summed E-state index contributed by atoms with van der Waals surface area (Å²) >= 11 is 0. The summed E-state index contributed by atoms with van der Waals surface area (Å²) in [6.45, 7) is 0.767. The second kappa shape index (κ2) is 5.12. The lowest BCUT2D eigenvalue weighted by Gasteiger charge is -2.06. The van der Waals surface area contributed by atoms with E-state index in [1.807, 2.05) is 36.4 Å². The van der Waals surface area contributed by atoms with Crippen LogP contribution in [0.2, 0.25) is 0 Å². The van der Waals surface area contributed by atoms with Gasteiger partial charge in [-0.15, -0.1) is 0 Å². The summed E-state index contributed by atoms with van der Waals surface area (Å²) in [5.74, 6) is 0. The smallest absolute Gasteiger partial charge is 0.150 e. The van der Waals surface area contributed by atoms with Crippen molar-refractivity contribution in [1.82, 2.24) is 0 Å². The predicted octanol–water partition coefficient (Wildman–Crippen LogP) is 3.11. The zero-order chi connectivity index (χ0) is 11.2. The molecule has 2 aromatic rings. The Morgan fingerprint density at radius 1 is 1.00 bits per heavy atom. The van der Waals surface area contributed by atoms with E-state index in [0.29, 0.717) is 5.56 Å². The van der Waals surface area contributed by atoms with E-state index in [9.17, 15) is 4.79 Å². The fourth-order valence-corrected chi connectivity index (χ4v) is 1.52. The highest BCUT2D eigenvalue weighted by atomic mass is 16.1. The molecule has 0 bridgehead atoms. The van der Waals surface area contributed by atoms with Crippen LogP contribution in [0.5, 0.6) is 0 Å². The van der Waals surface area contributed by atoms with Gasteiger partial charge >= 0.3 is 0 Å². The van der Waals surface area contributed by atoms with E-state index >= 15 is 0 Å². The molecule has 80 valence electrons. The normalized spacial score (nSPS) is 9.75. The first-order valence-electron chi connectivity index (χ1n) is 5.21. The number of nitrogens with one attached hydrogen (secondary N) is 1. The molecular formula is C14H13NO. The molecule has 0 atom stereocenters. The van der Waals surface area contributed by atoms with E-state index in [1.54, 1.807) is 6.07 Å². The molecule has 16 heavy (non-hydrogen) atoms. The van der Waals surface area contributed by atoms with Gasteiger partial charge in [0.25, 0.3) is 0 Å². The third-order valence-corrected chi connectivity index (χ3v) is 2.36. The molecule has 2 aromatic carbocycles. The quantitative estimate of drug-likeness (QED) is 0.787. The Morgan fingerprint density at radius 2 is 1.81 bits per heavy atom. The molecule has 2 heteroatoms. The molecular weight excluding hydrogens is 198 g/mol. The number of hydrogen-bond acceptors (Lipinski definition) is 2. The summed E-state index contributed by atoms with van der Waals surface area (Å²) in [6.07, 6.45) is 0.855. The molecule has 2 rings (SSSR count). The van der Waals surface area contributed by atoms with Gasteiger partial charge in [0.2, 0.25) is 0 Å². The molecule has 0 heterocycles. The van der Waals surface area contributed by atoms with Crippen LogP contribution < -0.4 is 5.32 Å². The molecule has 0 saturated carbocycles. The Bertz CT molecular complexity index is 465. The second-order valence-corrected chi connectivity index (χ2v) is 3.58. The average molecular weight is 211 g/mol. The highest BCUT2D eigenvalue weighted by Crippen LogP contribution is 2.10. The molecule has 2 nitrogen and oxygen atoms in total. The van der Waals surface area contributed by atoms with Crippen LogP contribution in [0.25, 0.3) is 0 Å². The fourth-order valence-electron chi connectivity index (χ4n) is 1.52. The minimum absolute atomic E-state index is 0.693. The lowest BCUT2D eigenvalue weighted by molar-refractivity contribution is 0.112. The number of rotatable bonds is 4. The maximum Gasteiger partial charge on any atom is 0.150 e. The maximum absolute atomic E-state index is 10.6. The molecule has 0 saturated heterocycles. The van der Waals surface area contributed by atoms with Crippen molar-refractivity contribution >= 4 is 12.0 Å². The number of benzene rings is 2. The lowest BCUT2D eigenvalue weighted by atomic mass is 10.2. The SMILES string of the molecule is O=Cc1cccc(NCc2ccccc2)c1. The highest BCUT2D eigenvalue weighted by molar-refractivity contribution is 5.76. The highest BCUT2D eigenvalue weighted by Gasteiger charge is 1.94. The Kier molecular flexibility index (Phi) is 3.34. The second-order valence-electron chi connectivity index (χ2n) is 3.58. The summed E-state index contributed by atoms with van der Waals surface area (Å²) < 4.78 is 0. The zero-order valence-corrected chi connectivity index (χ0v) is 8.89. The van der Waals surface area contributed by atoms with Gasteiger partial charge in [0.05, 0.1) is 0 Å². The standard InChI is InChI=1S/C14H13NO/c16-11-13-7-4-8-14(9-13)15-10-12-5-2-1-3-6-12/h1-9,11,15H,10H2. The van der Waals surface area contributed by atoms with Crippen molar-refractivity contribution < 1.29 is 4.79 Å². The number of aldehydes is 1. The summed E-state index contributed by atoms with van der Waals surface area (Å²) in [6, 6.07) is 17.6. The van der Waals surface area contributed by atoms with Crippen LogP contribution in [0.1, 0.15) is 15.9 Å². The predicted molar refractivity (Wildman–Crippen MR) is 65.6 cm³/mol. The van der Waals surface area contributed by atoms with E-state index in [0.717, 1.165) is 18.5 Å². The first-order chi connectivity index (χ1) is 7.88. The van der Waals surface area contributed by atoms with Gasteiger partial charge in [0.1, 0.15) is 6.29 Å². The summed E-state index contributed by atoms with van der Waals surface area (Å²) in [7, 11) is 0.